The number of benzene rings is 1. The average molecular weight is 290 g/mol. The molecule has 1 aliphatic heterocycles. The van der Waals surface area contributed by atoms with E-state index in [-0.39, 0.29) is 16.7 Å². The summed E-state index contributed by atoms with van der Waals surface area (Å²) in [6, 6.07) is 3.62. The van der Waals surface area contributed by atoms with Gasteiger partial charge in [0.05, 0.1) is 11.0 Å². The summed E-state index contributed by atoms with van der Waals surface area (Å²) in [6.07, 6.45) is 4.41. The molecule has 0 aromatic heterocycles. The van der Waals surface area contributed by atoms with Crippen molar-refractivity contribution in [2.75, 3.05) is 20.1 Å². The number of nitrogens with zero attached hydrogens (tertiary/aromatic N) is 2. The van der Waals surface area contributed by atoms with E-state index >= 15 is 0 Å². The van der Waals surface area contributed by atoms with Crippen molar-refractivity contribution in [3.8, 4) is 5.75 Å². The van der Waals surface area contributed by atoms with Crippen molar-refractivity contribution in [1.29, 1.82) is 0 Å². The van der Waals surface area contributed by atoms with Crippen molar-refractivity contribution in [3.63, 3.8) is 0 Å². The molecule has 0 N–H and O–H groups in total. The lowest BCUT2D eigenvalue weighted by atomic mass is 9.86. The summed E-state index contributed by atoms with van der Waals surface area (Å²) in [5.41, 5.74) is 2.35. The Kier molecular flexibility index (Phi) is 3.85. The van der Waals surface area contributed by atoms with E-state index in [2.05, 4.69) is 11.9 Å². The summed E-state index contributed by atoms with van der Waals surface area (Å²) in [5, 5.41) is 11.2. The topological polar surface area (TPSA) is 55.6 Å². The Morgan fingerprint density at radius 1 is 1.24 bits per heavy atom. The monoisotopic (exact) mass is 290 g/mol. The first kappa shape index (κ1) is 14.3. The van der Waals surface area contributed by atoms with Gasteiger partial charge < -0.3 is 9.64 Å². The maximum atomic E-state index is 11.2. The van der Waals surface area contributed by atoms with Crippen LogP contribution in [0.1, 0.15) is 42.7 Å². The fraction of sp³-hybridized carbons (Fsp3) is 0.625. The van der Waals surface area contributed by atoms with E-state index in [9.17, 15) is 10.1 Å². The molecule has 114 valence electrons. The Labute approximate surface area is 125 Å². The predicted molar refractivity (Wildman–Crippen MR) is 81.0 cm³/mol. The fourth-order valence-corrected chi connectivity index (χ4v) is 3.05. The van der Waals surface area contributed by atoms with Gasteiger partial charge in [-0.2, -0.15) is 0 Å². The van der Waals surface area contributed by atoms with Crippen molar-refractivity contribution in [1.82, 2.24) is 4.90 Å². The largest absolute Gasteiger partial charge is 0.483 e. The zero-order valence-corrected chi connectivity index (χ0v) is 12.7. The fourth-order valence-electron chi connectivity index (χ4n) is 3.05. The van der Waals surface area contributed by atoms with Gasteiger partial charge in [-0.15, -0.1) is 0 Å². The highest BCUT2D eigenvalue weighted by molar-refractivity contribution is 5.53. The van der Waals surface area contributed by atoms with Crippen molar-refractivity contribution < 1.29 is 9.66 Å². The number of ether oxygens (including phenoxy) is 1. The molecule has 3 rings (SSSR count). The van der Waals surface area contributed by atoms with Gasteiger partial charge in [0.25, 0.3) is 0 Å². The zero-order valence-electron chi connectivity index (χ0n) is 12.7. The number of aryl methyl sites for hydroxylation is 1. The molecule has 1 heterocycles. The lowest BCUT2D eigenvalue weighted by molar-refractivity contribution is -0.386. The first-order chi connectivity index (χ1) is 10.0. The SMILES string of the molecule is Cc1cc([N+](=O)[O-])c(OC2CC2)cc1C1CCN(C)CC1. The number of rotatable bonds is 4. The van der Waals surface area contributed by atoms with Gasteiger partial charge in [0.15, 0.2) is 5.75 Å². The van der Waals surface area contributed by atoms with Gasteiger partial charge in [-0.3, -0.25) is 10.1 Å². The minimum Gasteiger partial charge on any atom is -0.483 e. The summed E-state index contributed by atoms with van der Waals surface area (Å²) in [6.45, 7) is 4.14. The Hall–Kier alpha value is -1.62. The van der Waals surface area contributed by atoms with Crippen LogP contribution in [0.2, 0.25) is 0 Å². The normalized spacial score (nSPS) is 20.5. The van der Waals surface area contributed by atoms with Gasteiger partial charge in [0.1, 0.15) is 0 Å². The van der Waals surface area contributed by atoms with Crippen molar-refractivity contribution in [3.05, 3.63) is 33.4 Å². The predicted octanol–water partition coefficient (Wildman–Crippen LogP) is 3.25. The Bertz CT molecular complexity index is 547. The van der Waals surface area contributed by atoms with Crippen LogP contribution in [0.4, 0.5) is 5.69 Å². The third-order valence-corrected chi connectivity index (χ3v) is 4.52. The quantitative estimate of drug-likeness (QED) is 0.631. The molecule has 1 saturated heterocycles. The number of likely N-dealkylation sites (tertiary alicyclic amines) is 1. The molecule has 0 bridgehead atoms. The molecule has 5 nitrogen and oxygen atoms in total. The van der Waals surface area contributed by atoms with Gasteiger partial charge in [-0.1, -0.05) is 0 Å². The van der Waals surface area contributed by atoms with Crippen LogP contribution in [0.15, 0.2) is 12.1 Å². The molecule has 21 heavy (non-hydrogen) atoms. The number of hydrogen-bond donors (Lipinski definition) is 0. The van der Waals surface area contributed by atoms with E-state index in [1.165, 1.54) is 5.56 Å². The molecular formula is C16H22N2O3. The van der Waals surface area contributed by atoms with Crippen LogP contribution in [-0.4, -0.2) is 36.1 Å². The van der Waals surface area contributed by atoms with Crippen LogP contribution in [0, 0.1) is 17.0 Å². The highest BCUT2D eigenvalue weighted by Crippen LogP contribution is 2.39. The van der Waals surface area contributed by atoms with Crippen molar-refractivity contribution in [2.45, 2.75) is 44.6 Å². The highest BCUT2D eigenvalue weighted by atomic mass is 16.6. The van der Waals surface area contributed by atoms with E-state index in [1.54, 1.807) is 6.07 Å². The maximum Gasteiger partial charge on any atom is 0.311 e. The Morgan fingerprint density at radius 2 is 1.90 bits per heavy atom. The molecule has 0 unspecified atom stereocenters. The summed E-state index contributed by atoms with van der Waals surface area (Å²) in [5.74, 6) is 0.950. The first-order valence-electron chi connectivity index (χ1n) is 7.68. The second-order valence-electron chi connectivity index (χ2n) is 6.33. The minimum atomic E-state index is -0.330. The van der Waals surface area contributed by atoms with E-state index in [0.29, 0.717) is 11.7 Å². The second kappa shape index (κ2) is 5.64. The molecule has 1 saturated carbocycles. The smallest absolute Gasteiger partial charge is 0.311 e. The molecule has 1 aromatic rings. The zero-order chi connectivity index (χ0) is 15.0. The van der Waals surface area contributed by atoms with E-state index in [1.807, 2.05) is 13.0 Å². The molecule has 1 aliphatic carbocycles. The van der Waals surface area contributed by atoms with Gasteiger partial charge in [-0.05, 0) is 75.9 Å². The summed E-state index contributed by atoms with van der Waals surface area (Å²) in [7, 11) is 2.14. The van der Waals surface area contributed by atoms with E-state index in [4.69, 9.17) is 4.74 Å². The van der Waals surface area contributed by atoms with Crippen LogP contribution in [0.25, 0.3) is 0 Å². The highest BCUT2D eigenvalue weighted by Gasteiger charge is 2.29. The number of nitro groups is 1. The summed E-state index contributed by atoms with van der Waals surface area (Å²) >= 11 is 0. The van der Waals surface area contributed by atoms with Crippen LogP contribution in [-0.2, 0) is 0 Å². The lowest BCUT2D eigenvalue weighted by Crippen LogP contribution is -2.29. The molecule has 0 spiro atoms. The van der Waals surface area contributed by atoms with Gasteiger partial charge in [0, 0.05) is 6.07 Å². The Balaban J connectivity index is 1.90. The number of piperidine rings is 1. The third kappa shape index (κ3) is 3.18. The van der Waals surface area contributed by atoms with Gasteiger partial charge in [-0.25, -0.2) is 0 Å². The van der Waals surface area contributed by atoms with Crippen LogP contribution < -0.4 is 4.74 Å². The minimum absolute atomic E-state index is 0.107. The molecule has 0 amide bonds. The number of hydrogen-bond acceptors (Lipinski definition) is 4. The number of nitro benzene ring substituents is 1. The van der Waals surface area contributed by atoms with Crippen molar-refractivity contribution >= 4 is 5.69 Å². The second-order valence-corrected chi connectivity index (χ2v) is 6.33. The molecule has 5 heteroatoms. The lowest BCUT2D eigenvalue weighted by Gasteiger charge is -2.30. The summed E-state index contributed by atoms with van der Waals surface area (Å²) < 4.78 is 5.77. The first-order valence-corrected chi connectivity index (χ1v) is 7.68. The van der Waals surface area contributed by atoms with Crippen LogP contribution in [0.5, 0.6) is 5.75 Å². The maximum absolute atomic E-state index is 11.2. The standard InChI is InChI=1S/C16H22N2O3/c1-11-9-15(18(19)20)16(21-13-3-4-13)10-14(11)12-5-7-17(2)8-6-12/h9-10,12-13H,3-8H2,1-2H3. The molecule has 0 radical (unpaired) electrons. The Morgan fingerprint density at radius 3 is 2.48 bits per heavy atom. The van der Waals surface area contributed by atoms with Crippen molar-refractivity contribution in [2.24, 2.45) is 0 Å². The van der Waals surface area contributed by atoms with E-state index in [0.717, 1.165) is 44.3 Å². The van der Waals surface area contributed by atoms with Gasteiger partial charge in [0.2, 0.25) is 0 Å². The molecular weight excluding hydrogens is 268 g/mol. The molecule has 2 fully saturated rings. The van der Waals surface area contributed by atoms with Crippen LogP contribution in [0.3, 0.4) is 0 Å². The third-order valence-electron chi connectivity index (χ3n) is 4.52. The molecule has 1 aromatic carbocycles. The summed E-state index contributed by atoms with van der Waals surface area (Å²) in [4.78, 5) is 13.2. The van der Waals surface area contributed by atoms with Crippen LogP contribution >= 0.6 is 0 Å². The molecule has 2 aliphatic rings. The molecule has 0 atom stereocenters. The van der Waals surface area contributed by atoms with E-state index < -0.39 is 0 Å². The average Bonchev–Trinajstić information content (AvgIpc) is 3.25. The van der Waals surface area contributed by atoms with Gasteiger partial charge >= 0.3 is 5.69 Å².